The second-order valence-electron chi connectivity index (χ2n) is 7.82. The Morgan fingerprint density at radius 1 is 1.06 bits per heavy atom. The molecule has 32 heavy (non-hydrogen) atoms. The van der Waals surface area contributed by atoms with E-state index in [0.29, 0.717) is 6.07 Å². The molecular formula is C21H15F6NO3S. The lowest BCUT2D eigenvalue weighted by Crippen LogP contribution is -2.25. The van der Waals surface area contributed by atoms with Gasteiger partial charge in [-0.05, 0) is 53.3 Å². The number of rotatable bonds is 2. The summed E-state index contributed by atoms with van der Waals surface area (Å²) in [6.07, 6.45) is -6.31. The topological polar surface area (TPSA) is 78.2 Å². The van der Waals surface area contributed by atoms with Gasteiger partial charge in [0.15, 0.2) is 0 Å². The van der Waals surface area contributed by atoms with Gasteiger partial charge in [-0.2, -0.15) is 18.4 Å². The van der Waals surface area contributed by atoms with Crippen LogP contribution in [-0.4, -0.2) is 25.2 Å². The van der Waals surface area contributed by atoms with E-state index in [2.05, 4.69) is 0 Å². The summed E-state index contributed by atoms with van der Waals surface area (Å²) in [6.45, 7) is 0. The predicted molar refractivity (Wildman–Crippen MR) is 99.3 cm³/mol. The van der Waals surface area contributed by atoms with Crippen molar-refractivity contribution in [3.05, 3.63) is 63.5 Å². The summed E-state index contributed by atoms with van der Waals surface area (Å²) >= 11 is 0. The first-order chi connectivity index (χ1) is 14.9. The smallest absolute Gasteiger partial charge is 0.385 e. The van der Waals surface area contributed by atoms with Gasteiger partial charge < -0.3 is 5.11 Å². The van der Waals surface area contributed by atoms with Gasteiger partial charge in [0.2, 0.25) is 0 Å². The minimum absolute atomic E-state index is 0.0688. The Bertz CT molecular complexity index is 1250. The van der Waals surface area contributed by atoms with E-state index >= 15 is 0 Å². The number of nitriles is 1. The average Bonchev–Trinajstić information content (AvgIpc) is 3.01. The summed E-state index contributed by atoms with van der Waals surface area (Å²) in [7, 11) is -5.88. The molecule has 0 aliphatic heterocycles. The summed E-state index contributed by atoms with van der Waals surface area (Å²) in [4.78, 5) is -1.24. The lowest BCUT2D eigenvalue weighted by molar-refractivity contribution is -0.0437. The number of hydrogen-bond donors (Lipinski definition) is 1. The van der Waals surface area contributed by atoms with E-state index < -0.39 is 62.4 Å². The van der Waals surface area contributed by atoms with Crippen LogP contribution in [0, 0.1) is 17.1 Å². The molecule has 0 amide bonds. The molecule has 2 aliphatic carbocycles. The number of alkyl halides is 5. The van der Waals surface area contributed by atoms with Crippen LogP contribution < -0.4 is 0 Å². The van der Waals surface area contributed by atoms with Crippen molar-refractivity contribution in [2.75, 3.05) is 0 Å². The number of fused-ring (bicyclic) bond motifs is 2. The quantitative estimate of drug-likeness (QED) is 0.630. The normalized spacial score (nSPS) is 25.2. The number of sulfone groups is 1. The van der Waals surface area contributed by atoms with Crippen LogP contribution in [0.2, 0.25) is 0 Å². The number of halogens is 6. The summed E-state index contributed by atoms with van der Waals surface area (Å²) in [5.41, 5.74) is -6.44. The van der Waals surface area contributed by atoms with E-state index in [-0.39, 0.29) is 40.7 Å². The molecule has 4 nitrogen and oxygen atoms in total. The van der Waals surface area contributed by atoms with Crippen LogP contribution in [-0.2, 0) is 16.3 Å². The van der Waals surface area contributed by atoms with Crippen molar-refractivity contribution >= 4 is 9.84 Å². The lowest BCUT2D eigenvalue weighted by Gasteiger charge is -2.31. The van der Waals surface area contributed by atoms with Crippen LogP contribution >= 0.6 is 0 Å². The number of nitrogens with zero attached hydrogens (tertiary/aromatic N) is 1. The molecule has 0 unspecified atom stereocenters. The molecule has 4 rings (SSSR count). The molecule has 2 aromatic rings. The van der Waals surface area contributed by atoms with Crippen molar-refractivity contribution in [2.24, 2.45) is 0 Å². The molecule has 0 fully saturated rings. The van der Waals surface area contributed by atoms with E-state index in [4.69, 9.17) is 0 Å². The summed E-state index contributed by atoms with van der Waals surface area (Å²) in [5, 5.41) is 19.6. The largest absolute Gasteiger partial charge is 0.501 e. The second kappa shape index (κ2) is 7.49. The summed E-state index contributed by atoms with van der Waals surface area (Å²) < 4.78 is 106. The van der Waals surface area contributed by atoms with Crippen LogP contribution in [0.3, 0.4) is 0 Å². The van der Waals surface area contributed by atoms with Gasteiger partial charge in [-0.3, -0.25) is 0 Å². The number of aliphatic hydroxyl groups excluding tert-OH is 1. The maximum absolute atomic E-state index is 14.5. The van der Waals surface area contributed by atoms with Gasteiger partial charge in [0.1, 0.15) is 24.3 Å². The molecule has 4 atom stereocenters. The van der Waals surface area contributed by atoms with Crippen LogP contribution in [0.25, 0.3) is 0 Å². The van der Waals surface area contributed by atoms with Gasteiger partial charge in [-0.15, -0.1) is 0 Å². The summed E-state index contributed by atoms with van der Waals surface area (Å²) in [6, 6.07) is 5.33. The monoisotopic (exact) mass is 475 g/mol. The van der Waals surface area contributed by atoms with Crippen molar-refractivity contribution in [3.8, 4) is 6.07 Å². The number of aliphatic hydroxyl groups is 1. The Kier molecular flexibility index (Phi) is 5.29. The third-order valence-corrected chi connectivity index (χ3v) is 7.60. The maximum atomic E-state index is 14.5. The van der Waals surface area contributed by atoms with Gasteiger partial charge in [0.25, 0.3) is 9.84 Å². The Labute approximate surface area is 179 Å². The van der Waals surface area contributed by atoms with Crippen molar-refractivity contribution in [3.63, 3.8) is 0 Å². The highest BCUT2D eigenvalue weighted by atomic mass is 32.2. The zero-order valence-corrected chi connectivity index (χ0v) is 16.9. The van der Waals surface area contributed by atoms with E-state index in [1.165, 1.54) is 0 Å². The van der Waals surface area contributed by atoms with E-state index in [1.807, 2.05) is 0 Å². The maximum Gasteiger partial charge on any atom is 0.501 e. The molecule has 0 spiro atoms. The molecule has 2 aliphatic rings. The molecule has 2 aromatic carbocycles. The fraction of sp³-hybridized carbons (Fsp3) is 0.381. The van der Waals surface area contributed by atoms with E-state index in [1.54, 1.807) is 6.07 Å². The first kappa shape index (κ1) is 22.6. The van der Waals surface area contributed by atoms with Crippen molar-refractivity contribution in [1.82, 2.24) is 0 Å². The lowest BCUT2D eigenvalue weighted by atomic mass is 9.74. The molecule has 11 heteroatoms. The SMILES string of the molecule is N#Cc1cc(F)cc2c1[C@@H](c1ccc(S(=O)(=O)C(F)(F)F)c3c1C[C@@H](F)[C@H]3O)CC[C@@H]2F. The fourth-order valence-corrected chi connectivity index (χ4v) is 5.72. The Hall–Kier alpha value is -2.58. The molecular weight excluding hydrogens is 460 g/mol. The third kappa shape index (κ3) is 3.28. The molecule has 0 radical (unpaired) electrons. The van der Waals surface area contributed by atoms with Crippen molar-refractivity contribution in [2.45, 2.75) is 54.0 Å². The number of hydrogen-bond acceptors (Lipinski definition) is 4. The van der Waals surface area contributed by atoms with E-state index in [9.17, 15) is 45.1 Å². The first-order valence-electron chi connectivity index (χ1n) is 9.55. The second-order valence-corrected chi connectivity index (χ2v) is 9.73. The zero-order valence-electron chi connectivity index (χ0n) is 16.1. The van der Waals surface area contributed by atoms with Gasteiger partial charge in [-0.25, -0.2) is 21.6 Å². The molecule has 0 saturated heterocycles. The number of benzene rings is 2. The molecule has 0 saturated carbocycles. The van der Waals surface area contributed by atoms with Crippen LogP contribution in [0.4, 0.5) is 26.3 Å². The average molecular weight is 475 g/mol. The van der Waals surface area contributed by atoms with Crippen LogP contribution in [0.1, 0.15) is 64.4 Å². The standard InChI is InChI=1S/C21H15F6NO3S/c22-10-5-9(8-28)18-12(1-3-15(23)14(18)6-10)11-2-4-17(32(30,31)21(25,26)27)19-13(11)7-16(24)20(19)29/h2,4-6,12,15-16,20,29H,1,3,7H2/t12-,15+,16-,20-/m1/s1. The fourth-order valence-electron chi connectivity index (χ4n) is 4.69. The Balaban J connectivity index is 1.98. The van der Waals surface area contributed by atoms with Crippen molar-refractivity contribution < 1.29 is 39.9 Å². The highest BCUT2D eigenvalue weighted by Gasteiger charge is 2.51. The third-order valence-electron chi connectivity index (χ3n) is 6.05. The molecule has 0 heterocycles. The van der Waals surface area contributed by atoms with Gasteiger partial charge in [-0.1, -0.05) is 6.07 Å². The minimum Gasteiger partial charge on any atom is -0.385 e. The van der Waals surface area contributed by atoms with Gasteiger partial charge in [0.05, 0.1) is 16.5 Å². The highest BCUT2D eigenvalue weighted by molar-refractivity contribution is 7.92. The van der Waals surface area contributed by atoms with Gasteiger partial charge >= 0.3 is 5.51 Å². The highest BCUT2D eigenvalue weighted by Crippen LogP contribution is 2.50. The molecule has 0 aromatic heterocycles. The first-order valence-corrected chi connectivity index (χ1v) is 11.0. The predicted octanol–water partition coefficient (Wildman–Crippen LogP) is 4.85. The van der Waals surface area contributed by atoms with Crippen molar-refractivity contribution in [1.29, 1.82) is 5.26 Å². The summed E-state index contributed by atoms with van der Waals surface area (Å²) in [5.74, 6) is -1.65. The van der Waals surface area contributed by atoms with Crippen LogP contribution in [0.5, 0.6) is 0 Å². The molecule has 0 bridgehead atoms. The van der Waals surface area contributed by atoms with E-state index in [0.717, 1.165) is 18.2 Å². The van der Waals surface area contributed by atoms with Gasteiger partial charge in [0, 0.05) is 17.9 Å². The molecule has 170 valence electrons. The molecule has 1 N–H and O–H groups in total. The Morgan fingerprint density at radius 3 is 2.38 bits per heavy atom. The minimum atomic E-state index is -5.88. The zero-order chi connectivity index (χ0) is 23.6. The Morgan fingerprint density at radius 2 is 1.75 bits per heavy atom. The van der Waals surface area contributed by atoms with Crippen LogP contribution in [0.15, 0.2) is 29.2 Å².